The van der Waals surface area contributed by atoms with Gasteiger partial charge in [0.25, 0.3) is 0 Å². The molecular weight excluding hydrogens is 298 g/mol. The van der Waals surface area contributed by atoms with Crippen molar-refractivity contribution in [3.8, 4) is 0 Å². The summed E-state index contributed by atoms with van der Waals surface area (Å²) in [5, 5.41) is 4.48. The number of benzene rings is 1. The van der Waals surface area contributed by atoms with Crippen LogP contribution in [-0.2, 0) is 6.54 Å². The molecule has 1 aromatic rings. The molecule has 1 aliphatic carbocycles. The van der Waals surface area contributed by atoms with Gasteiger partial charge in [-0.3, -0.25) is 0 Å². The van der Waals surface area contributed by atoms with Gasteiger partial charge in [0.2, 0.25) is 0 Å². The zero-order valence-electron chi connectivity index (χ0n) is 10.4. The Bertz CT molecular complexity index is 403. The average molecular weight is 317 g/mol. The maximum atomic E-state index is 6.22. The molecular formula is C14H19BrClN. The van der Waals surface area contributed by atoms with E-state index in [0.717, 1.165) is 16.0 Å². The summed E-state index contributed by atoms with van der Waals surface area (Å²) < 4.78 is 1.03. The summed E-state index contributed by atoms with van der Waals surface area (Å²) in [6, 6.07) is 6.70. The lowest BCUT2D eigenvalue weighted by atomic mass is 9.87. The Balaban J connectivity index is 1.98. The van der Waals surface area contributed by atoms with E-state index in [2.05, 4.69) is 41.2 Å². The van der Waals surface area contributed by atoms with Gasteiger partial charge in [-0.05, 0) is 36.0 Å². The van der Waals surface area contributed by atoms with Crippen molar-refractivity contribution in [3.05, 3.63) is 33.3 Å². The lowest BCUT2D eigenvalue weighted by Crippen LogP contribution is -2.37. The molecule has 1 aromatic carbocycles. The van der Waals surface area contributed by atoms with Crippen molar-refractivity contribution in [3.63, 3.8) is 0 Å². The van der Waals surface area contributed by atoms with Crippen LogP contribution in [0.25, 0.3) is 0 Å². The van der Waals surface area contributed by atoms with Crippen LogP contribution in [0.2, 0.25) is 5.02 Å². The van der Waals surface area contributed by atoms with Crippen LogP contribution in [0.5, 0.6) is 0 Å². The molecule has 0 amide bonds. The summed E-state index contributed by atoms with van der Waals surface area (Å²) in [6.45, 7) is 5.56. The van der Waals surface area contributed by atoms with E-state index in [9.17, 15) is 0 Å². The van der Waals surface area contributed by atoms with E-state index in [1.54, 1.807) is 0 Å². The highest BCUT2D eigenvalue weighted by Crippen LogP contribution is 2.37. The molecule has 0 aromatic heterocycles. The first-order chi connectivity index (χ1) is 7.99. The molecule has 0 spiro atoms. The second kappa shape index (κ2) is 5.29. The zero-order valence-corrected chi connectivity index (χ0v) is 12.7. The normalized spacial score (nSPS) is 22.9. The van der Waals surface area contributed by atoms with Gasteiger partial charge in [-0.2, -0.15) is 0 Å². The third-order valence-corrected chi connectivity index (χ3v) is 4.66. The molecule has 3 heteroatoms. The van der Waals surface area contributed by atoms with Crippen molar-refractivity contribution in [1.29, 1.82) is 0 Å². The Hall–Kier alpha value is -0.0500. The monoisotopic (exact) mass is 315 g/mol. The van der Waals surface area contributed by atoms with Crippen LogP contribution >= 0.6 is 27.5 Å². The van der Waals surface area contributed by atoms with E-state index in [1.165, 1.54) is 24.8 Å². The Morgan fingerprint density at radius 3 is 2.82 bits per heavy atom. The van der Waals surface area contributed by atoms with Crippen LogP contribution in [0, 0.1) is 5.41 Å². The van der Waals surface area contributed by atoms with Crippen molar-refractivity contribution >= 4 is 27.5 Å². The Morgan fingerprint density at radius 1 is 1.47 bits per heavy atom. The van der Waals surface area contributed by atoms with E-state index >= 15 is 0 Å². The van der Waals surface area contributed by atoms with Gasteiger partial charge < -0.3 is 5.32 Å². The fraction of sp³-hybridized carbons (Fsp3) is 0.571. The minimum Gasteiger partial charge on any atom is -0.309 e. The first-order valence-electron chi connectivity index (χ1n) is 6.16. The minimum atomic E-state index is 0.418. The quantitative estimate of drug-likeness (QED) is 0.847. The number of rotatable bonds is 3. The molecule has 0 bridgehead atoms. The molecule has 0 saturated heterocycles. The van der Waals surface area contributed by atoms with Crippen LogP contribution in [0.1, 0.15) is 38.7 Å². The number of hydrogen-bond donors (Lipinski definition) is 1. The first kappa shape index (κ1) is 13.4. The van der Waals surface area contributed by atoms with Crippen molar-refractivity contribution < 1.29 is 0 Å². The van der Waals surface area contributed by atoms with Gasteiger partial charge in [0.15, 0.2) is 0 Å². The second-order valence-electron chi connectivity index (χ2n) is 5.55. The van der Waals surface area contributed by atoms with Crippen LogP contribution < -0.4 is 5.32 Å². The van der Waals surface area contributed by atoms with E-state index in [1.807, 2.05) is 12.1 Å². The van der Waals surface area contributed by atoms with Crippen LogP contribution in [0.15, 0.2) is 22.7 Å². The first-order valence-corrected chi connectivity index (χ1v) is 7.33. The SMILES string of the molecule is CC1(C)CCCC1NCc1ccc(Br)cc1Cl. The summed E-state index contributed by atoms with van der Waals surface area (Å²) in [4.78, 5) is 0. The summed E-state index contributed by atoms with van der Waals surface area (Å²) in [5.74, 6) is 0. The van der Waals surface area contributed by atoms with Gasteiger partial charge in [-0.1, -0.05) is 53.9 Å². The van der Waals surface area contributed by atoms with Gasteiger partial charge in [-0.15, -0.1) is 0 Å². The third kappa shape index (κ3) is 3.24. The van der Waals surface area contributed by atoms with Gasteiger partial charge in [0.05, 0.1) is 0 Å². The topological polar surface area (TPSA) is 12.0 Å². The fourth-order valence-electron chi connectivity index (χ4n) is 2.60. The Labute approximate surface area is 117 Å². The average Bonchev–Trinajstić information content (AvgIpc) is 2.57. The molecule has 1 nitrogen and oxygen atoms in total. The standard InChI is InChI=1S/C14H19BrClN/c1-14(2)7-3-4-13(14)17-9-10-5-6-11(15)8-12(10)16/h5-6,8,13,17H,3-4,7,9H2,1-2H3. The molecule has 1 atom stereocenters. The van der Waals surface area contributed by atoms with Crippen LogP contribution in [0.3, 0.4) is 0 Å². The smallest absolute Gasteiger partial charge is 0.0462 e. The van der Waals surface area contributed by atoms with E-state index in [4.69, 9.17) is 11.6 Å². The molecule has 2 rings (SSSR count). The maximum absolute atomic E-state index is 6.22. The molecule has 1 N–H and O–H groups in total. The van der Waals surface area contributed by atoms with Gasteiger partial charge in [0.1, 0.15) is 0 Å². The summed E-state index contributed by atoms with van der Waals surface area (Å²) in [5.41, 5.74) is 1.60. The van der Waals surface area contributed by atoms with Crippen molar-refractivity contribution in [1.82, 2.24) is 5.32 Å². The molecule has 1 aliphatic rings. The second-order valence-corrected chi connectivity index (χ2v) is 6.87. The molecule has 0 radical (unpaired) electrons. The highest BCUT2D eigenvalue weighted by molar-refractivity contribution is 9.10. The molecule has 0 heterocycles. The number of nitrogens with one attached hydrogen (secondary N) is 1. The minimum absolute atomic E-state index is 0.418. The number of hydrogen-bond acceptors (Lipinski definition) is 1. The fourth-order valence-corrected chi connectivity index (χ4v) is 3.34. The van der Waals surface area contributed by atoms with Crippen molar-refractivity contribution in [2.45, 2.75) is 45.7 Å². The Kier molecular flexibility index (Phi) is 4.17. The molecule has 1 unspecified atom stereocenters. The highest BCUT2D eigenvalue weighted by Gasteiger charge is 2.33. The van der Waals surface area contributed by atoms with Crippen molar-refractivity contribution in [2.75, 3.05) is 0 Å². The predicted molar refractivity (Wildman–Crippen MR) is 77.4 cm³/mol. The largest absolute Gasteiger partial charge is 0.309 e. The van der Waals surface area contributed by atoms with E-state index in [0.29, 0.717) is 11.5 Å². The maximum Gasteiger partial charge on any atom is 0.0462 e. The molecule has 94 valence electrons. The molecule has 1 saturated carbocycles. The zero-order chi connectivity index (χ0) is 12.5. The lowest BCUT2D eigenvalue weighted by Gasteiger charge is -2.28. The summed E-state index contributed by atoms with van der Waals surface area (Å²) in [7, 11) is 0. The van der Waals surface area contributed by atoms with Gasteiger partial charge in [0, 0.05) is 22.1 Å². The van der Waals surface area contributed by atoms with E-state index in [-0.39, 0.29) is 0 Å². The van der Waals surface area contributed by atoms with Gasteiger partial charge >= 0.3 is 0 Å². The Morgan fingerprint density at radius 2 is 2.24 bits per heavy atom. The third-order valence-electron chi connectivity index (χ3n) is 3.81. The molecule has 1 fully saturated rings. The predicted octanol–water partition coefficient (Wildman–Crippen LogP) is 4.77. The summed E-state index contributed by atoms with van der Waals surface area (Å²) >= 11 is 9.64. The van der Waals surface area contributed by atoms with E-state index < -0.39 is 0 Å². The number of halogens is 2. The summed E-state index contributed by atoms with van der Waals surface area (Å²) in [6.07, 6.45) is 3.93. The van der Waals surface area contributed by atoms with Crippen LogP contribution in [0.4, 0.5) is 0 Å². The molecule has 0 aliphatic heterocycles. The van der Waals surface area contributed by atoms with Gasteiger partial charge in [-0.25, -0.2) is 0 Å². The van der Waals surface area contributed by atoms with Crippen LogP contribution in [-0.4, -0.2) is 6.04 Å². The lowest BCUT2D eigenvalue weighted by molar-refractivity contribution is 0.282. The highest BCUT2D eigenvalue weighted by atomic mass is 79.9. The van der Waals surface area contributed by atoms with Crippen molar-refractivity contribution in [2.24, 2.45) is 5.41 Å². The molecule has 17 heavy (non-hydrogen) atoms.